The van der Waals surface area contributed by atoms with Gasteiger partial charge in [-0.2, -0.15) is 31.1 Å². The lowest BCUT2D eigenvalue weighted by molar-refractivity contribution is -0.291. The van der Waals surface area contributed by atoms with Crippen LogP contribution >= 0.6 is 0 Å². The summed E-state index contributed by atoms with van der Waals surface area (Å²) in [5.41, 5.74) is -1.01. The van der Waals surface area contributed by atoms with Crippen molar-refractivity contribution in [2.24, 2.45) is 12.8 Å². The van der Waals surface area contributed by atoms with Crippen LogP contribution in [-0.4, -0.2) is 38.7 Å². The highest BCUT2D eigenvalue weighted by atomic mass is 19.4. The van der Waals surface area contributed by atoms with Crippen LogP contribution in [0.3, 0.4) is 0 Å². The number of nitrogens with zero attached hydrogens (tertiary/aromatic N) is 4. The third kappa shape index (κ3) is 3.08. The van der Waals surface area contributed by atoms with Crippen molar-refractivity contribution in [3.63, 3.8) is 0 Å². The van der Waals surface area contributed by atoms with Gasteiger partial charge in [0.1, 0.15) is 5.75 Å². The van der Waals surface area contributed by atoms with Crippen molar-refractivity contribution in [2.75, 3.05) is 0 Å². The summed E-state index contributed by atoms with van der Waals surface area (Å²) in [5, 5.41) is 9.10. The van der Waals surface area contributed by atoms with Gasteiger partial charge in [0, 0.05) is 0 Å². The second kappa shape index (κ2) is 5.89. The minimum atomic E-state index is -5.83. The number of rotatable bonds is 3. The molecular formula is C12H9F6N5O2. The van der Waals surface area contributed by atoms with Crippen LogP contribution < -0.4 is 10.5 Å². The Morgan fingerprint density at radius 2 is 1.60 bits per heavy atom. The van der Waals surface area contributed by atoms with Gasteiger partial charge in [0.15, 0.2) is 0 Å². The van der Waals surface area contributed by atoms with Gasteiger partial charge in [-0.15, -0.1) is 10.2 Å². The van der Waals surface area contributed by atoms with Crippen LogP contribution in [0, 0.1) is 0 Å². The van der Waals surface area contributed by atoms with Crippen LogP contribution in [0.15, 0.2) is 24.3 Å². The van der Waals surface area contributed by atoms with E-state index >= 15 is 0 Å². The van der Waals surface area contributed by atoms with Gasteiger partial charge in [0.2, 0.25) is 11.2 Å². The van der Waals surface area contributed by atoms with Crippen LogP contribution in [-0.2, 0) is 12.5 Å². The molecule has 0 atom stereocenters. The van der Waals surface area contributed by atoms with Gasteiger partial charge in [-0.3, -0.25) is 0 Å². The van der Waals surface area contributed by atoms with Crippen molar-refractivity contribution in [2.45, 2.75) is 17.8 Å². The number of primary amides is 1. The SMILES string of the molecule is Cn1nnc(C(c2ccc(OC(N)=O)cc2)(C(F)(F)F)C(F)(F)F)n1. The molecule has 1 aromatic heterocycles. The minimum Gasteiger partial charge on any atom is -0.411 e. The number of ether oxygens (including phenoxy) is 1. The van der Waals surface area contributed by atoms with Crippen LogP contribution in [0.4, 0.5) is 31.1 Å². The van der Waals surface area contributed by atoms with E-state index in [4.69, 9.17) is 5.73 Å². The Balaban J connectivity index is 2.72. The molecule has 0 fully saturated rings. The number of carbonyl (C=O) groups excluding carboxylic acids is 1. The lowest BCUT2D eigenvalue weighted by Gasteiger charge is -2.35. The third-order valence-electron chi connectivity index (χ3n) is 3.20. The Hall–Kier alpha value is -2.86. The smallest absolute Gasteiger partial charge is 0.411 e. The molecule has 13 heteroatoms. The molecule has 0 aliphatic heterocycles. The monoisotopic (exact) mass is 369 g/mol. The summed E-state index contributed by atoms with van der Waals surface area (Å²) in [6.45, 7) is 0. The second-order valence-corrected chi connectivity index (χ2v) is 4.79. The molecule has 1 amide bonds. The van der Waals surface area contributed by atoms with E-state index in [1.54, 1.807) is 0 Å². The molecule has 136 valence electrons. The molecule has 1 heterocycles. The highest BCUT2D eigenvalue weighted by Gasteiger charge is 2.75. The van der Waals surface area contributed by atoms with E-state index in [9.17, 15) is 31.1 Å². The van der Waals surface area contributed by atoms with Crippen molar-refractivity contribution >= 4 is 6.09 Å². The number of hydrogen-bond donors (Lipinski definition) is 1. The maximum Gasteiger partial charge on any atom is 0.414 e. The average Bonchev–Trinajstić information content (AvgIpc) is 2.84. The number of aromatic nitrogens is 4. The lowest BCUT2D eigenvalue weighted by Crippen LogP contribution is -2.55. The first-order valence-corrected chi connectivity index (χ1v) is 6.35. The quantitative estimate of drug-likeness (QED) is 0.836. The van der Waals surface area contributed by atoms with Crippen LogP contribution in [0.2, 0.25) is 0 Å². The maximum absolute atomic E-state index is 13.6. The number of alkyl halides is 6. The van der Waals surface area contributed by atoms with E-state index < -0.39 is 35.2 Å². The van der Waals surface area contributed by atoms with E-state index in [-0.39, 0.29) is 5.75 Å². The highest BCUT2D eigenvalue weighted by Crippen LogP contribution is 2.55. The number of benzene rings is 1. The minimum absolute atomic E-state index is 0.332. The molecule has 0 saturated carbocycles. The van der Waals surface area contributed by atoms with Gasteiger partial charge in [0.05, 0.1) is 7.05 Å². The maximum atomic E-state index is 13.6. The van der Waals surface area contributed by atoms with Gasteiger partial charge in [-0.05, 0) is 22.9 Å². The number of carbonyl (C=O) groups is 1. The Morgan fingerprint density at radius 1 is 1.08 bits per heavy atom. The lowest BCUT2D eigenvalue weighted by atomic mass is 9.78. The Bertz CT molecular complexity index is 754. The number of nitrogens with two attached hydrogens (primary N) is 1. The standard InChI is InChI=1S/C12H9F6N5O2/c1-23-21-8(20-22-23)10(11(13,14)15,12(16,17)18)6-2-4-7(5-3-6)25-9(19)24/h2-5H,1H3,(H2,19,24). The summed E-state index contributed by atoms with van der Waals surface area (Å²) in [4.78, 5) is 11.1. The summed E-state index contributed by atoms with van der Waals surface area (Å²) >= 11 is 0. The summed E-state index contributed by atoms with van der Waals surface area (Å²) < 4.78 is 86.1. The Morgan fingerprint density at radius 3 is 1.96 bits per heavy atom. The second-order valence-electron chi connectivity index (χ2n) is 4.79. The molecule has 0 saturated heterocycles. The molecule has 1 aromatic carbocycles. The number of tetrazole rings is 1. The Labute approximate surface area is 135 Å². The zero-order valence-corrected chi connectivity index (χ0v) is 12.3. The molecule has 0 aliphatic carbocycles. The van der Waals surface area contributed by atoms with Crippen molar-refractivity contribution in [3.8, 4) is 5.75 Å². The molecule has 2 aromatic rings. The summed E-state index contributed by atoms with van der Waals surface area (Å²) in [6, 6.07) is 2.47. The fourth-order valence-electron chi connectivity index (χ4n) is 2.19. The predicted octanol–water partition coefficient (Wildman–Crippen LogP) is 2.08. The van der Waals surface area contributed by atoms with E-state index in [2.05, 4.69) is 20.1 Å². The van der Waals surface area contributed by atoms with Crippen LogP contribution in [0.1, 0.15) is 11.4 Å². The van der Waals surface area contributed by atoms with E-state index in [0.29, 0.717) is 16.9 Å². The van der Waals surface area contributed by atoms with E-state index in [1.807, 2.05) is 0 Å². The Kier molecular flexibility index (Phi) is 4.36. The molecular weight excluding hydrogens is 360 g/mol. The third-order valence-corrected chi connectivity index (χ3v) is 3.20. The van der Waals surface area contributed by atoms with Crippen LogP contribution in [0.25, 0.3) is 0 Å². The molecule has 0 unspecified atom stereocenters. The van der Waals surface area contributed by atoms with Crippen molar-refractivity contribution in [1.82, 2.24) is 20.2 Å². The molecule has 2 rings (SSSR count). The van der Waals surface area contributed by atoms with Gasteiger partial charge in [0.25, 0.3) is 0 Å². The molecule has 0 spiro atoms. The fraction of sp³-hybridized carbons (Fsp3) is 0.333. The first-order chi connectivity index (χ1) is 11.4. The van der Waals surface area contributed by atoms with Gasteiger partial charge in [-0.1, -0.05) is 12.1 Å². The first-order valence-electron chi connectivity index (χ1n) is 6.35. The van der Waals surface area contributed by atoms with Gasteiger partial charge in [-0.25, -0.2) is 4.79 Å². The van der Waals surface area contributed by atoms with Gasteiger partial charge < -0.3 is 10.5 Å². The number of halogens is 6. The first kappa shape index (κ1) is 18.5. The topological polar surface area (TPSA) is 95.9 Å². The van der Waals surface area contributed by atoms with Gasteiger partial charge >= 0.3 is 18.4 Å². The number of aryl methyl sites for hydroxylation is 1. The largest absolute Gasteiger partial charge is 0.414 e. The van der Waals surface area contributed by atoms with Crippen molar-refractivity contribution < 1.29 is 35.9 Å². The molecule has 2 N–H and O–H groups in total. The van der Waals surface area contributed by atoms with Crippen molar-refractivity contribution in [3.05, 3.63) is 35.7 Å². The molecule has 0 radical (unpaired) electrons. The molecule has 0 aliphatic rings. The molecule has 25 heavy (non-hydrogen) atoms. The zero-order chi connectivity index (χ0) is 19.0. The molecule has 7 nitrogen and oxygen atoms in total. The van der Waals surface area contributed by atoms with Crippen LogP contribution in [0.5, 0.6) is 5.75 Å². The highest BCUT2D eigenvalue weighted by molar-refractivity contribution is 5.68. The summed E-state index contributed by atoms with van der Waals surface area (Å²) in [6.07, 6.45) is -12.9. The number of hydrogen-bond acceptors (Lipinski definition) is 5. The van der Waals surface area contributed by atoms with Crippen molar-refractivity contribution in [1.29, 1.82) is 0 Å². The van der Waals surface area contributed by atoms with E-state index in [1.165, 1.54) is 0 Å². The predicted molar refractivity (Wildman–Crippen MR) is 68.3 cm³/mol. The summed E-state index contributed by atoms with van der Waals surface area (Å²) in [5.74, 6) is -1.92. The zero-order valence-electron chi connectivity index (χ0n) is 12.3. The normalized spacial score (nSPS) is 12.9. The average molecular weight is 369 g/mol. The van der Waals surface area contributed by atoms with E-state index in [0.717, 1.165) is 19.2 Å². The molecule has 0 bridgehead atoms. The number of amides is 1. The summed E-state index contributed by atoms with van der Waals surface area (Å²) in [7, 11) is 1.03. The fourth-order valence-corrected chi connectivity index (χ4v) is 2.19.